The minimum absolute atomic E-state index is 0.0760. The summed E-state index contributed by atoms with van der Waals surface area (Å²) in [5.41, 5.74) is -0.0760. The summed E-state index contributed by atoms with van der Waals surface area (Å²) in [6, 6.07) is 0.799. The summed E-state index contributed by atoms with van der Waals surface area (Å²) >= 11 is 11.8. The molecule has 0 bridgehead atoms. The zero-order chi connectivity index (χ0) is 9.12. The highest BCUT2D eigenvalue weighted by Gasteiger charge is 2.21. The number of hydrogen-bond donors (Lipinski definition) is 0. The van der Waals surface area contributed by atoms with E-state index in [1.54, 1.807) is 0 Å². The molecule has 0 aliphatic heterocycles. The van der Waals surface area contributed by atoms with Gasteiger partial charge in [-0.05, 0) is 33.4 Å². The predicted octanol–water partition coefficient (Wildman–Crippen LogP) is 3.35. The minimum Gasteiger partial charge on any atom is -0.376 e. The second-order valence-corrected chi connectivity index (χ2v) is 12.0. The van der Waals surface area contributed by atoms with E-state index in [9.17, 15) is 0 Å². The third kappa shape index (κ3) is 10.8. The van der Waals surface area contributed by atoms with Crippen LogP contribution >= 0.6 is 22.2 Å². The van der Waals surface area contributed by atoms with E-state index in [0.29, 0.717) is 6.61 Å². The summed E-state index contributed by atoms with van der Waals surface area (Å²) in [6.45, 7) is 6.70. The number of hydrogen-bond acceptors (Lipinski definition) is 1. The Morgan fingerprint density at radius 2 is 1.73 bits per heavy atom. The van der Waals surface area contributed by atoms with E-state index < -0.39 is 6.69 Å². The van der Waals surface area contributed by atoms with Crippen LogP contribution in [0.2, 0.25) is 12.6 Å². The van der Waals surface area contributed by atoms with Crippen molar-refractivity contribution in [3.63, 3.8) is 0 Å². The Balaban J connectivity index is 3.44. The van der Waals surface area contributed by atoms with Gasteiger partial charge in [-0.1, -0.05) is 0 Å². The lowest BCUT2D eigenvalue weighted by molar-refractivity contribution is 0.00518. The van der Waals surface area contributed by atoms with Crippen molar-refractivity contribution >= 4 is 28.9 Å². The monoisotopic (exact) mass is 214 g/mol. The molecule has 0 aromatic carbocycles. The van der Waals surface area contributed by atoms with E-state index in [0.717, 1.165) is 6.04 Å². The van der Waals surface area contributed by atoms with Crippen LogP contribution in [-0.2, 0) is 4.74 Å². The fourth-order valence-corrected chi connectivity index (χ4v) is 1.46. The topological polar surface area (TPSA) is 9.23 Å². The lowest BCUT2D eigenvalue weighted by atomic mass is 10.2. The maximum absolute atomic E-state index is 5.89. The van der Waals surface area contributed by atoms with E-state index in [-0.39, 0.29) is 5.60 Å². The lowest BCUT2D eigenvalue weighted by Crippen LogP contribution is -2.23. The molecule has 1 nitrogen and oxygen atoms in total. The zero-order valence-corrected chi connectivity index (χ0v) is 10.1. The van der Waals surface area contributed by atoms with E-state index in [1.165, 1.54) is 0 Å². The van der Waals surface area contributed by atoms with Gasteiger partial charge in [-0.25, -0.2) is 0 Å². The number of ether oxygens (including phenoxy) is 1. The third-order valence-electron chi connectivity index (χ3n) is 1.08. The number of rotatable bonds is 3. The Morgan fingerprint density at radius 1 is 1.27 bits per heavy atom. The average Bonchev–Trinajstić information content (AvgIpc) is 1.55. The molecule has 0 unspecified atom stereocenters. The van der Waals surface area contributed by atoms with Gasteiger partial charge in [0.15, 0.2) is 0 Å². The van der Waals surface area contributed by atoms with Crippen LogP contribution in [0.5, 0.6) is 0 Å². The molecule has 0 amide bonds. The van der Waals surface area contributed by atoms with Gasteiger partial charge in [-0.2, -0.15) is 0 Å². The van der Waals surface area contributed by atoms with Gasteiger partial charge in [0.05, 0.1) is 5.60 Å². The second-order valence-electron chi connectivity index (χ2n) is 3.78. The van der Waals surface area contributed by atoms with Crippen molar-refractivity contribution in [1.29, 1.82) is 0 Å². The summed E-state index contributed by atoms with van der Waals surface area (Å²) in [5, 5.41) is 0. The van der Waals surface area contributed by atoms with Crippen LogP contribution in [0, 0.1) is 0 Å². The summed E-state index contributed by atoms with van der Waals surface area (Å²) in [4.78, 5) is 0. The maximum Gasteiger partial charge on any atom is 0.250 e. The van der Waals surface area contributed by atoms with Crippen LogP contribution in [0.4, 0.5) is 0 Å². The smallest absolute Gasteiger partial charge is 0.250 e. The molecule has 11 heavy (non-hydrogen) atoms. The van der Waals surface area contributed by atoms with Gasteiger partial charge >= 0.3 is 0 Å². The van der Waals surface area contributed by atoms with Crippen molar-refractivity contribution in [1.82, 2.24) is 0 Å². The molecule has 0 saturated heterocycles. The second kappa shape index (κ2) is 4.12. The van der Waals surface area contributed by atoms with Crippen molar-refractivity contribution < 1.29 is 4.74 Å². The van der Waals surface area contributed by atoms with Gasteiger partial charge in [0, 0.05) is 6.61 Å². The predicted molar refractivity (Wildman–Crippen MR) is 53.8 cm³/mol. The van der Waals surface area contributed by atoms with E-state index in [1.807, 2.05) is 27.3 Å². The molecular formula is C7H16Cl2OSi. The molecule has 0 aliphatic carbocycles. The van der Waals surface area contributed by atoms with Crippen molar-refractivity contribution in [3.8, 4) is 0 Å². The van der Waals surface area contributed by atoms with Crippen molar-refractivity contribution in [2.24, 2.45) is 0 Å². The van der Waals surface area contributed by atoms with Crippen molar-refractivity contribution in [2.45, 2.75) is 39.0 Å². The first-order valence-electron chi connectivity index (χ1n) is 3.72. The zero-order valence-electron chi connectivity index (χ0n) is 7.58. The first-order chi connectivity index (χ1) is 4.71. The lowest BCUT2D eigenvalue weighted by Gasteiger charge is -2.20. The van der Waals surface area contributed by atoms with Gasteiger partial charge in [-0.3, -0.25) is 0 Å². The Hall–Kier alpha value is 0.757. The fraction of sp³-hybridized carbons (Fsp3) is 1.00. The molecule has 4 heteroatoms. The van der Waals surface area contributed by atoms with Crippen LogP contribution in [0.1, 0.15) is 20.8 Å². The Labute approximate surface area is 79.4 Å². The Bertz CT molecular complexity index is 101. The first-order valence-corrected chi connectivity index (χ1v) is 8.46. The summed E-state index contributed by atoms with van der Waals surface area (Å²) < 4.78 is 5.47. The first kappa shape index (κ1) is 11.8. The SMILES string of the molecule is CC(C)(C)OCC[Si](C)(Cl)Cl. The van der Waals surface area contributed by atoms with Crippen LogP contribution in [0.15, 0.2) is 0 Å². The molecule has 0 atom stereocenters. The molecule has 0 heterocycles. The molecule has 0 rings (SSSR count). The summed E-state index contributed by atoms with van der Waals surface area (Å²) in [7, 11) is 0. The molecule has 68 valence electrons. The molecule has 0 radical (unpaired) electrons. The molecular weight excluding hydrogens is 199 g/mol. The molecule has 0 saturated carbocycles. The van der Waals surface area contributed by atoms with E-state index in [2.05, 4.69) is 0 Å². The summed E-state index contributed by atoms with van der Waals surface area (Å²) in [6.07, 6.45) is 0. The summed E-state index contributed by atoms with van der Waals surface area (Å²) in [5.74, 6) is 0. The fourth-order valence-electron chi connectivity index (χ4n) is 0.536. The maximum atomic E-state index is 5.89. The normalized spacial score (nSPS) is 13.6. The van der Waals surface area contributed by atoms with Gasteiger partial charge in [0.25, 0.3) is 6.69 Å². The molecule has 0 N–H and O–H groups in total. The molecule has 0 aromatic heterocycles. The van der Waals surface area contributed by atoms with E-state index >= 15 is 0 Å². The van der Waals surface area contributed by atoms with Gasteiger partial charge in [0.2, 0.25) is 0 Å². The molecule has 0 spiro atoms. The van der Waals surface area contributed by atoms with Crippen LogP contribution in [-0.4, -0.2) is 18.9 Å². The highest BCUT2D eigenvalue weighted by Crippen LogP contribution is 2.20. The van der Waals surface area contributed by atoms with Crippen molar-refractivity contribution in [2.75, 3.05) is 6.61 Å². The van der Waals surface area contributed by atoms with Gasteiger partial charge < -0.3 is 4.74 Å². The molecule has 0 aromatic rings. The molecule has 0 aliphatic rings. The standard InChI is InChI=1S/C7H16Cl2OSi/c1-7(2,3)10-5-6-11(4,8)9/h5-6H2,1-4H3. The highest BCUT2D eigenvalue weighted by atomic mass is 35.7. The van der Waals surface area contributed by atoms with E-state index in [4.69, 9.17) is 26.9 Å². The van der Waals surface area contributed by atoms with Crippen molar-refractivity contribution in [3.05, 3.63) is 0 Å². The highest BCUT2D eigenvalue weighted by molar-refractivity contribution is 7.44. The quantitative estimate of drug-likeness (QED) is 0.518. The van der Waals surface area contributed by atoms with Crippen LogP contribution < -0.4 is 0 Å². The van der Waals surface area contributed by atoms with Crippen LogP contribution in [0.25, 0.3) is 0 Å². The molecule has 0 fully saturated rings. The third-order valence-corrected chi connectivity index (χ3v) is 3.29. The number of halogens is 2. The Morgan fingerprint density at radius 3 is 2.00 bits per heavy atom. The Kier molecular flexibility index (Phi) is 4.41. The largest absolute Gasteiger partial charge is 0.376 e. The van der Waals surface area contributed by atoms with Gasteiger partial charge in [0.1, 0.15) is 0 Å². The average molecular weight is 215 g/mol. The van der Waals surface area contributed by atoms with Gasteiger partial charge in [-0.15, -0.1) is 22.2 Å². The minimum atomic E-state index is -1.94. The van der Waals surface area contributed by atoms with Crippen LogP contribution in [0.3, 0.4) is 0 Å².